The molecule has 37 heavy (non-hydrogen) atoms. The fraction of sp³-hybridized carbons (Fsp3) is 0.214. The minimum Gasteiger partial charge on any atom is -0.495 e. The van der Waals surface area contributed by atoms with Gasteiger partial charge in [-0.25, -0.2) is 9.48 Å². The smallest absolute Gasteiger partial charge is 0.360 e. The van der Waals surface area contributed by atoms with Crippen molar-refractivity contribution in [2.24, 2.45) is 0 Å². The highest BCUT2D eigenvalue weighted by atomic mass is 16.5. The summed E-state index contributed by atoms with van der Waals surface area (Å²) >= 11 is 0. The van der Waals surface area contributed by atoms with Crippen molar-refractivity contribution in [1.29, 1.82) is 0 Å². The van der Waals surface area contributed by atoms with E-state index in [2.05, 4.69) is 10.4 Å². The van der Waals surface area contributed by atoms with Crippen LogP contribution in [0.2, 0.25) is 0 Å². The maximum atomic E-state index is 13.1. The van der Waals surface area contributed by atoms with Gasteiger partial charge in [-0.1, -0.05) is 36.4 Å². The van der Waals surface area contributed by atoms with E-state index in [-0.39, 0.29) is 17.3 Å². The maximum absolute atomic E-state index is 13.1. The fourth-order valence-corrected chi connectivity index (χ4v) is 4.23. The summed E-state index contributed by atoms with van der Waals surface area (Å²) in [5.74, 6) is -0.945. The van der Waals surface area contributed by atoms with Crippen LogP contribution >= 0.6 is 0 Å². The lowest BCUT2D eigenvalue weighted by Crippen LogP contribution is -2.32. The highest BCUT2D eigenvalue weighted by Crippen LogP contribution is 2.36. The average molecular weight is 500 g/mol. The Kier molecular flexibility index (Phi) is 6.12. The van der Waals surface area contributed by atoms with E-state index in [1.54, 1.807) is 50.2 Å². The van der Waals surface area contributed by atoms with Gasteiger partial charge in [0.2, 0.25) is 0 Å². The number of carbonyl (C=O) groups is 2. The van der Waals surface area contributed by atoms with E-state index in [9.17, 15) is 14.4 Å². The molecule has 5 aromatic rings. The van der Waals surface area contributed by atoms with Crippen molar-refractivity contribution >= 4 is 50.3 Å². The Bertz CT molecular complexity index is 1730. The van der Waals surface area contributed by atoms with Gasteiger partial charge in [0.15, 0.2) is 11.8 Å². The van der Waals surface area contributed by atoms with Crippen LogP contribution in [-0.4, -0.2) is 34.9 Å². The molecule has 0 spiro atoms. The first-order valence-electron chi connectivity index (χ1n) is 11.8. The molecular weight excluding hydrogens is 474 g/mol. The van der Waals surface area contributed by atoms with E-state index in [1.165, 1.54) is 18.7 Å². The van der Waals surface area contributed by atoms with Crippen LogP contribution in [0.15, 0.2) is 69.9 Å². The van der Waals surface area contributed by atoms with Gasteiger partial charge in [-0.3, -0.25) is 9.59 Å². The topological polar surface area (TPSA) is 113 Å². The second-order valence-corrected chi connectivity index (χ2v) is 8.92. The molecule has 0 aliphatic heterocycles. The normalized spacial score (nSPS) is 12.2. The third kappa shape index (κ3) is 4.29. The van der Waals surface area contributed by atoms with Crippen molar-refractivity contribution in [3.05, 3.63) is 76.7 Å². The standard InChI is InChI=1S/C28H25N3O6/c1-15(2)31-27(33)19-11-6-5-10-18(19)25(30-31)28(34)36-16(3)26(32)29-21-14-23-20(13-24(21)35-4)17-9-7-8-12-22(17)37-23/h5-16H,1-4H3,(H,29,32). The zero-order valence-electron chi connectivity index (χ0n) is 20.8. The molecule has 0 bridgehead atoms. The highest BCUT2D eigenvalue weighted by molar-refractivity contribution is 6.08. The second-order valence-electron chi connectivity index (χ2n) is 8.92. The van der Waals surface area contributed by atoms with Crippen molar-refractivity contribution in [3.8, 4) is 5.75 Å². The number of rotatable bonds is 6. The Morgan fingerprint density at radius 2 is 1.59 bits per heavy atom. The van der Waals surface area contributed by atoms with Gasteiger partial charge < -0.3 is 19.2 Å². The number of methoxy groups -OCH3 is 1. The van der Waals surface area contributed by atoms with Crippen molar-refractivity contribution in [1.82, 2.24) is 9.78 Å². The molecule has 0 radical (unpaired) electrons. The lowest BCUT2D eigenvalue weighted by atomic mass is 10.1. The summed E-state index contributed by atoms with van der Waals surface area (Å²) in [5.41, 5.74) is 1.33. The zero-order valence-corrected chi connectivity index (χ0v) is 20.8. The number of esters is 1. The fourth-order valence-electron chi connectivity index (χ4n) is 4.23. The Balaban J connectivity index is 1.42. The van der Waals surface area contributed by atoms with Crippen LogP contribution in [0.4, 0.5) is 5.69 Å². The van der Waals surface area contributed by atoms with Crippen LogP contribution in [0.3, 0.4) is 0 Å². The molecule has 1 atom stereocenters. The molecule has 2 heterocycles. The molecule has 5 rings (SSSR count). The van der Waals surface area contributed by atoms with Crippen LogP contribution < -0.4 is 15.6 Å². The molecule has 0 fully saturated rings. The summed E-state index contributed by atoms with van der Waals surface area (Å²) < 4.78 is 18.1. The van der Waals surface area contributed by atoms with Gasteiger partial charge >= 0.3 is 5.97 Å². The Morgan fingerprint density at radius 3 is 2.30 bits per heavy atom. The van der Waals surface area contributed by atoms with E-state index >= 15 is 0 Å². The van der Waals surface area contributed by atoms with E-state index < -0.39 is 18.0 Å². The first kappa shape index (κ1) is 24.1. The maximum Gasteiger partial charge on any atom is 0.360 e. The molecule has 9 heteroatoms. The summed E-state index contributed by atoms with van der Waals surface area (Å²) in [5, 5.41) is 9.48. The summed E-state index contributed by atoms with van der Waals surface area (Å²) in [7, 11) is 1.50. The number of furan rings is 1. The van der Waals surface area contributed by atoms with Gasteiger partial charge in [-0.15, -0.1) is 0 Å². The number of hydrogen-bond acceptors (Lipinski definition) is 7. The number of nitrogens with one attached hydrogen (secondary N) is 1. The Labute approximate surface area is 211 Å². The first-order chi connectivity index (χ1) is 17.8. The van der Waals surface area contributed by atoms with Crippen LogP contribution in [0.1, 0.15) is 37.3 Å². The number of anilines is 1. The molecule has 1 unspecified atom stereocenters. The highest BCUT2D eigenvalue weighted by Gasteiger charge is 2.25. The predicted molar refractivity (Wildman–Crippen MR) is 140 cm³/mol. The van der Waals surface area contributed by atoms with Crippen LogP contribution in [0, 0.1) is 0 Å². The van der Waals surface area contributed by atoms with E-state index in [0.717, 1.165) is 10.8 Å². The van der Waals surface area contributed by atoms with Crippen molar-refractivity contribution in [2.45, 2.75) is 32.9 Å². The van der Waals surface area contributed by atoms with Gasteiger partial charge in [0.05, 0.1) is 24.2 Å². The Morgan fingerprint density at radius 1 is 0.919 bits per heavy atom. The summed E-state index contributed by atoms with van der Waals surface area (Å²) in [6, 6.07) is 17.5. The number of nitrogens with zero attached hydrogens (tertiary/aromatic N) is 2. The Hall–Kier alpha value is -4.66. The van der Waals surface area contributed by atoms with Crippen molar-refractivity contribution < 1.29 is 23.5 Å². The lowest BCUT2D eigenvalue weighted by Gasteiger charge is -2.17. The minimum absolute atomic E-state index is 0.0372. The largest absolute Gasteiger partial charge is 0.495 e. The number of fused-ring (bicyclic) bond motifs is 4. The molecule has 0 aliphatic carbocycles. The monoisotopic (exact) mass is 499 g/mol. The number of benzene rings is 3. The molecule has 188 valence electrons. The molecule has 2 aromatic heterocycles. The van der Waals surface area contributed by atoms with Crippen LogP contribution in [-0.2, 0) is 9.53 Å². The predicted octanol–water partition coefficient (Wildman–Crippen LogP) is 5.07. The van der Waals surface area contributed by atoms with Gasteiger partial charge in [-0.05, 0) is 39.0 Å². The first-order valence-corrected chi connectivity index (χ1v) is 11.8. The van der Waals surface area contributed by atoms with E-state index in [4.69, 9.17) is 13.9 Å². The SMILES string of the molecule is COc1cc2c(cc1NC(=O)C(C)OC(=O)c1nn(C(C)C)c(=O)c3ccccc13)oc1ccccc12. The number of hydrogen-bond donors (Lipinski definition) is 1. The quantitative estimate of drug-likeness (QED) is 0.325. The molecule has 0 saturated heterocycles. The molecular formula is C28H25N3O6. The molecule has 0 saturated carbocycles. The summed E-state index contributed by atoms with van der Waals surface area (Å²) in [4.78, 5) is 38.8. The second kappa shape index (κ2) is 9.42. The molecule has 1 N–H and O–H groups in total. The van der Waals surface area contributed by atoms with Gasteiger partial charge in [-0.2, -0.15) is 5.10 Å². The third-order valence-corrected chi connectivity index (χ3v) is 6.12. The van der Waals surface area contributed by atoms with Gasteiger partial charge in [0.1, 0.15) is 16.9 Å². The summed E-state index contributed by atoms with van der Waals surface area (Å²) in [6.07, 6.45) is -1.16. The number of amides is 1. The molecule has 0 aliphatic rings. The van der Waals surface area contributed by atoms with E-state index in [1.807, 2.05) is 24.3 Å². The number of para-hydroxylation sites is 1. The zero-order chi connectivity index (χ0) is 26.3. The summed E-state index contributed by atoms with van der Waals surface area (Å²) in [6.45, 7) is 5.04. The van der Waals surface area contributed by atoms with Crippen LogP contribution in [0.5, 0.6) is 5.75 Å². The average Bonchev–Trinajstić information content (AvgIpc) is 3.25. The van der Waals surface area contributed by atoms with E-state index in [0.29, 0.717) is 33.4 Å². The minimum atomic E-state index is -1.16. The molecule has 9 nitrogen and oxygen atoms in total. The number of aromatic nitrogens is 2. The third-order valence-electron chi connectivity index (χ3n) is 6.12. The van der Waals surface area contributed by atoms with Gasteiger partial charge in [0, 0.05) is 22.2 Å². The number of carbonyl (C=O) groups excluding carboxylic acids is 2. The number of ether oxygens (including phenoxy) is 2. The lowest BCUT2D eigenvalue weighted by molar-refractivity contribution is -0.123. The van der Waals surface area contributed by atoms with Crippen molar-refractivity contribution in [3.63, 3.8) is 0 Å². The molecule has 1 amide bonds. The van der Waals surface area contributed by atoms with Crippen LogP contribution in [0.25, 0.3) is 32.7 Å². The molecule has 3 aromatic carbocycles. The van der Waals surface area contributed by atoms with Crippen molar-refractivity contribution in [2.75, 3.05) is 12.4 Å². The van der Waals surface area contributed by atoms with Gasteiger partial charge in [0.25, 0.3) is 11.5 Å².